The molecule has 1 nitrogen and oxygen atoms in total. The molecule has 0 aliphatic carbocycles. The Bertz CT molecular complexity index is 61.5. The molecule has 0 fully saturated rings. The van der Waals surface area contributed by atoms with E-state index >= 15 is 0 Å². The number of rotatable bonds is 3. The largest absolute Gasteiger partial charge is 0.436 e. The van der Waals surface area contributed by atoms with Gasteiger partial charge in [0, 0.05) is 5.60 Å². The van der Waals surface area contributed by atoms with E-state index in [0.29, 0.717) is 0 Å². The third-order valence-corrected chi connectivity index (χ3v) is 1.29. The zero-order valence-electron chi connectivity index (χ0n) is 6.19. The first-order chi connectivity index (χ1) is 3.62. The maximum atomic E-state index is 5.25. The Morgan fingerprint density at radius 2 is 2.00 bits per heavy atom. The molecule has 0 rings (SSSR count). The van der Waals surface area contributed by atoms with Crippen LogP contribution < -0.4 is 0 Å². The van der Waals surface area contributed by atoms with E-state index in [4.69, 9.17) is 4.65 Å². The molecule has 8 heavy (non-hydrogen) atoms. The van der Waals surface area contributed by atoms with Crippen LogP contribution in [0.3, 0.4) is 0 Å². The molecule has 1 radical (unpaired) electrons. The molecule has 0 aliphatic heterocycles. The van der Waals surface area contributed by atoms with Gasteiger partial charge in [-0.15, -0.1) is 0 Å². The Morgan fingerprint density at radius 3 is 2.12 bits per heavy atom. The van der Waals surface area contributed by atoms with E-state index in [1.165, 1.54) is 0 Å². The van der Waals surface area contributed by atoms with Crippen LogP contribution in [0.5, 0.6) is 0 Å². The van der Waals surface area contributed by atoms with Crippen LogP contribution in [0, 0.1) is 0 Å². The summed E-state index contributed by atoms with van der Waals surface area (Å²) in [5.41, 5.74) is 0.0365. The van der Waals surface area contributed by atoms with Crippen molar-refractivity contribution in [2.75, 3.05) is 0 Å². The van der Waals surface area contributed by atoms with Crippen LogP contribution in [0.25, 0.3) is 0 Å². The minimum atomic E-state index is 0.0365. The van der Waals surface area contributed by atoms with Crippen molar-refractivity contribution >= 4 is 7.48 Å². The maximum absolute atomic E-state index is 5.25. The van der Waals surface area contributed by atoms with Crippen molar-refractivity contribution in [2.45, 2.75) is 39.6 Å². The third-order valence-electron chi connectivity index (χ3n) is 1.29. The van der Waals surface area contributed by atoms with Gasteiger partial charge >= 0.3 is 0 Å². The fourth-order valence-electron chi connectivity index (χ4n) is 0.402. The molecule has 0 atom stereocenters. The highest BCUT2D eigenvalue weighted by atomic mass is 16.5. The summed E-state index contributed by atoms with van der Waals surface area (Å²) in [6, 6.07) is 0. The van der Waals surface area contributed by atoms with Crippen LogP contribution in [0.4, 0.5) is 0 Å². The highest BCUT2D eigenvalue weighted by molar-refractivity contribution is 6.24. The molecule has 0 saturated heterocycles. The summed E-state index contributed by atoms with van der Waals surface area (Å²) in [5, 5.41) is 0. The van der Waals surface area contributed by atoms with Gasteiger partial charge in [-0.2, -0.15) is 0 Å². The summed E-state index contributed by atoms with van der Waals surface area (Å²) in [6.07, 6.45) is 1.05. The van der Waals surface area contributed by atoms with Crippen molar-refractivity contribution in [1.82, 2.24) is 0 Å². The molecule has 0 bridgehead atoms. The van der Waals surface area contributed by atoms with Gasteiger partial charge in [0.05, 0.1) is 0 Å². The first-order valence-corrected chi connectivity index (χ1v) is 3.08. The molecule has 2 heteroatoms. The summed E-state index contributed by atoms with van der Waals surface area (Å²) >= 11 is 0. The molecule has 0 saturated carbocycles. The topological polar surface area (TPSA) is 9.23 Å². The maximum Gasteiger partial charge on any atom is 0.289 e. The molecule has 0 unspecified atom stereocenters. The summed E-state index contributed by atoms with van der Waals surface area (Å²) in [5.74, 6) is 0. The first-order valence-electron chi connectivity index (χ1n) is 3.08. The average Bonchev–Trinajstić information content (AvgIpc) is 1.67. The minimum Gasteiger partial charge on any atom is -0.436 e. The van der Waals surface area contributed by atoms with E-state index < -0.39 is 0 Å². The number of hydrogen-bond acceptors (Lipinski definition) is 1. The zero-order chi connectivity index (χ0) is 6.62. The molecular weight excluding hydrogens is 98.9 g/mol. The second-order valence-electron chi connectivity index (χ2n) is 2.47. The van der Waals surface area contributed by atoms with Gasteiger partial charge in [0.25, 0.3) is 7.48 Å². The zero-order valence-corrected chi connectivity index (χ0v) is 6.19. The van der Waals surface area contributed by atoms with Crippen LogP contribution in [0.15, 0.2) is 0 Å². The molecular formula is C6H14BO. The molecule has 47 valence electrons. The fraction of sp³-hybridized carbons (Fsp3) is 1.00. The number of hydrogen-bond donors (Lipinski definition) is 0. The highest BCUT2D eigenvalue weighted by Gasteiger charge is 2.12. The van der Waals surface area contributed by atoms with Crippen molar-refractivity contribution in [1.29, 1.82) is 0 Å². The first kappa shape index (κ1) is 8.02. The normalized spacial score (nSPS) is 11.5. The second kappa shape index (κ2) is 3.13. The predicted octanol–water partition coefficient (Wildman–Crippen LogP) is 1.86. The van der Waals surface area contributed by atoms with Gasteiger partial charge < -0.3 is 4.65 Å². The van der Waals surface area contributed by atoms with Gasteiger partial charge in [-0.1, -0.05) is 13.7 Å². The molecule has 0 spiro atoms. The Morgan fingerprint density at radius 1 is 1.50 bits per heavy atom. The molecule has 0 heterocycles. The third kappa shape index (κ3) is 3.08. The molecule has 0 aromatic rings. The second-order valence-corrected chi connectivity index (χ2v) is 2.47. The van der Waals surface area contributed by atoms with E-state index in [1.807, 2.05) is 6.82 Å². The summed E-state index contributed by atoms with van der Waals surface area (Å²) in [7, 11) is 1.74. The van der Waals surface area contributed by atoms with E-state index in [1.54, 1.807) is 7.48 Å². The van der Waals surface area contributed by atoms with Crippen LogP contribution in [-0.4, -0.2) is 13.1 Å². The van der Waals surface area contributed by atoms with Gasteiger partial charge in [-0.3, -0.25) is 0 Å². The quantitative estimate of drug-likeness (QED) is 0.507. The Kier molecular flexibility index (Phi) is 3.14. The lowest BCUT2D eigenvalue weighted by atomic mass is 10.0. The van der Waals surface area contributed by atoms with Gasteiger partial charge in [0.2, 0.25) is 0 Å². The lowest BCUT2D eigenvalue weighted by Gasteiger charge is -2.22. The lowest BCUT2D eigenvalue weighted by Crippen LogP contribution is -2.23. The van der Waals surface area contributed by atoms with Crippen molar-refractivity contribution in [3.05, 3.63) is 0 Å². The SMILES string of the molecule is C[B]OC(C)(C)CC. The van der Waals surface area contributed by atoms with Crippen LogP contribution >= 0.6 is 0 Å². The Balaban J connectivity index is 3.37. The summed E-state index contributed by atoms with van der Waals surface area (Å²) < 4.78 is 5.25. The van der Waals surface area contributed by atoms with Crippen molar-refractivity contribution in [3.63, 3.8) is 0 Å². The van der Waals surface area contributed by atoms with Crippen LogP contribution in [-0.2, 0) is 4.65 Å². The molecule has 0 amide bonds. The van der Waals surface area contributed by atoms with Gasteiger partial charge in [0.15, 0.2) is 0 Å². The molecule has 0 N–H and O–H groups in total. The summed E-state index contributed by atoms with van der Waals surface area (Å²) in [4.78, 5) is 0. The van der Waals surface area contributed by atoms with E-state index in [0.717, 1.165) is 6.42 Å². The molecule has 0 aromatic heterocycles. The van der Waals surface area contributed by atoms with Crippen LogP contribution in [0.1, 0.15) is 27.2 Å². The fourth-order valence-corrected chi connectivity index (χ4v) is 0.402. The van der Waals surface area contributed by atoms with Crippen molar-refractivity contribution < 1.29 is 4.65 Å². The summed E-state index contributed by atoms with van der Waals surface area (Å²) in [6.45, 7) is 8.17. The lowest BCUT2D eigenvalue weighted by molar-refractivity contribution is 0.113. The standard InChI is InChI=1S/C6H14BO/c1-5-6(2,3)8-7-4/h5H2,1-4H3. The molecule has 0 aliphatic rings. The smallest absolute Gasteiger partial charge is 0.289 e. The van der Waals surface area contributed by atoms with E-state index in [-0.39, 0.29) is 5.60 Å². The van der Waals surface area contributed by atoms with Gasteiger partial charge in [-0.25, -0.2) is 0 Å². The molecule has 0 aromatic carbocycles. The predicted molar refractivity (Wildman–Crippen MR) is 37.1 cm³/mol. The van der Waals surface area contributed by atoms with Crippen molar-refractivity contribution in [3.8, 4) is 0 Å². The highest BCUT2D eigenvalue weighted by Crippen LogP contribution is 2.11. The monoisotopic (exact) mass is 113 g/mol. The average molecular weight is 113 g/mol. The van der Waals surface area contributed by atoms with Crippen molar-refractivity contribution in [2.24, 2.45) is 0 Å². The van der Waals surface area contributed by atoms with Gasteiger partial charge in [0.1, 0.15) is 0 Å². The van der Waals surface area contributed by atoms with Gasteiger partial charge in [-0.05, 0) is 20.3 Å². The van der Waals surface area contributed by atoms with E-state index in [9.17, 15) is 0 Å². The van der Waals surface area contributed by atoms with Crippen LogP contribution in [0.2, 0.25) is 6.82 Å². The Labute approximate surface area is 52.7 Å². The Hall–Kier alpha value is 0.0249. The minimum absolute atomic E-state index is 0.0365. The van der Waals surface area contributed by atoms with E-state index in [2.05, 4.69) is 20.8 Å².